The molecule has 1 N–H and O–H groups in total. The number of hydrogen-bond acceptors (Lipinski definition) is 3. The van der Waals surface area contributed by atoms with Gasteiger partial charge in [-0.25, -0.2) is 4.98 Å². The summed E-state index contributed by atoms with van der Waals surface area (Å²) in [4.78, 5) is 16.4. The maximum Gasteiger partial charge on any atom is 0.310 e. The number of nitrogens with zero attached hydrogens (tertiary/aromatic N) is 2. The van der Waals surface area contributed by atoms with E-state index in [1.54, 1.807) is 13.1 Å². The molecule has 2 aromatic heterocycles. The molecule has 0 aliphatic rings. The van der Waals surface area contributed by atoms with E-state index in [-0.39, 0.29) is 0 Å². The van der Waals surface area contributed by atoms with E-state index < -0.39 is 11.9 Å². The van der Waals surface area contributed by atoms with E-state index in [9.17, 15) is 9.90 Å². The molecule has 1 atom stereocenters. The normalized spacial score (nSPS) is 12.9. The second-order valence-electron chi connectivity index (χ2n) is 7.45. The van der Waals surface area contributed by atoms with E-state index in [2.05, 4.69) is 16.5 Å². The van der Waals surface area contributed by atoms with Crippen LogP contribution in [0.1, 0.15) is 55.3 Å². The van der Waals surface area contributed by atoms with Gasteiger partial charge in [-0.1, -0.05) is 43.1 Å². The average molecular weight is 427 g/mol. The van der Waals surface area contributed by atoms with Crippen LogP contribution in [0.15, 0.2) is 47.0 Å². The van der Waals surface area contributed by atoms with Crippen molar-refractivity contribution in [2.75, 3.05) is 0 Å². The van der Waals surface area contributed by atoms with Gasteiger partial charge in [-0.3, -0.25) is 4.79 Å². The molecule has 0 radical (unpaired) electrons. The van der Waals surface area contributed by atoms with Gasteiger partial charge in [0, 0.05) is 17.0 Å². The van der Waals surface area contributed by atoms with Gasteiger partial charge in [-0.15, -0.1) is 0 Å². The highest BCUT2D eigenvalue weighted by atomic mass is 35.5. The fraction of sp³-hybridized carbons (Fsp3) is 0.333. The van der Waals surface area contributed by atoms with Crippen molar-refractivity contribution >= 4 is 29.2 Å². The number of rotatable bonds is 9. The summed E-state index contributed by atoms with van der Waals surface area (Å²) < 4.78 is 7.87. The number of imidazole rings is 1. The Morgan fingerprint density at radius 2 is 2.07 bits per heavy atom. The Labute approximate surface area is 182 Å². The van der Waals surface area contributed by atoms with Crippen molar-refractivity contribution in [3.8, 4) is 0 Å². The molecule has 0 aliphatic heterocycles. The number of carbonyl (C=O) groups is 1. The molecular weight excluding hydrogens is 400 g/mol. The van der Waals surface area contributed by atoms with Crippen LogP contribution in [-0.4, -0.2) is 20.6 Å². The summed E-state index contributed by atoms with van der Waals surface area (Å²) in [5.41, 5.74) is 2.43. The monoisotopic (exact) mass is 426 g/mol. The number of aliphatic carboxylic acids is 1. The molecule has 30 heavy (non-hydrogen) atoms. The first-order chi connectivity index (χ1) is 14.4. The van der Waals surface area contributed by atoms with E-state index in [1.165, 1.54) is 0 Å². The molecule has 5 nitrogen and oxygen atoms in total. The Morgan fingerprint density at radius 1 is 1.30 bits per heavy atom. The molecule has 0 aliphatic carbocycles. The Hall–Kier alpha value is -2.79. The lowest BCUT2D eigenvalue weighted by molar-refractivity contribution is -0.139. The molecule has 3 rings (SSSR count). The highest BCUT2D eigenvalue weighted by Gasteiger charge is 2.22. The molecule has 0 amide bonds. The molecule has 0 saturated carbocycles. The standard InChI is InChI=1S/C24H27ClN2O3/c1-4-5-10-23-26-14-19(27(23)15-18-8-6-7-9-21(18)25)13-20(17(3)24(28)29)22-12-11-16(2)30-22/h6-9,11-14,17H,4-5,10,15H2,1-3H3,(H,28,29). The van der Waals surface area contributed by atoms with Gasteiger partial charge < -0.3 is 14.1 Å². The summed E-state index contributed by atoms with van der Waals surface area (Å²) in [7, 11) is 0. The predicted octanol–water partition coefficient (Wildman–Crippen LogP) is 6.09. The Bertz CT molecular complexity index is 1050. The van der Waals surface area contributed by atoms with Crippen LogP contribution >= 0.6 is 11.6 Å². The highest BCUT2D eigenvalue weighted by Crippen LogP contribution is 2.29. The van der Waals surface area contributed by atoms with Crippen molar-refractivity contribution in [2.24, 2.45) is 5.92 Å². The zero-order valence-corrected chi connectivity index (χ0v) is 18.3. The lowest BCUT2D eigenvalue weighted by atomic mass is 9.98. The van der Waals surface area contributed by atoms with E-state index in [0.717, 1.165) is 42.1 Å². The predicted molar refractivity (Wildman–Crippen MR) is 120 cm³/mol. The van der Waals surface area contributed by atoms with Gasteiger partial charge in [0.05, 0.1) is 24.4 Å². The number of carboxylic acid groups (broad SMARTS) is 1. The van der Waals surface area contributed by atoms with Crippen molar-refractivity contribution < 1.29 is 14.3 Å². The fourth-order valence-electron chi connectivity index (χ4n) is 3.35. The van der Waals surface area contributed by atoms with Crippen molar-refractivity contribution in [3.63, 3.8) is 0 Å². The zero-order chi connectivity index (χ0) is 21.7. The first-order valence-corrected chi connectivity index (χ1v) is 10.6. The van der Waals surface area contributed by atoms with Crippen molar-refractivity contribution in [1.29, 1.82) is 0 Å². The summed E-state index contributed by atoms with van der Waals surface area (Å²) in [6.07, 6.45) is 6.61. The lowest BCUT2D eigenvalue weighted by Gasteiger charge is -2.14. The van der Waals surface area contributed by atoms with Gasteiger partial charge in [0.2, 0.25) is 0 Å². The number of aryl methyl sites for hydroxylation is 2. The molecule has 0 bridgehead atoms. The summed E-state index contributed by atoms with van der Waals surface area (Å²) in [6.45, 7) is 6.22. The Balaban J connectivity index is 2.09. The molecule has 1 unspecified atom stereocenters. The van der Waals surface area contributed by atoms with Crippen LogP contribution < -0.4 is 0 Å². The topological polar surface area (TPSA) is 68.3 Å². The van der Waals surface area contributed by atoms with Gasteiger partial charge in [-0.2, -0.15) is 0 Å². The Kier molecular flexibility index (Phi) is 7.16. The molecule has 2 heterocycles. The van der Waals surface area contributed by atoms with Gasteiger partial charge in [0.1, 0.15) is 17.3 Å². The van der Waals surface area contributed by atoms with Crippen LogP contribution in [0.2, 0.25) is 5.02 Å². The lowest BCUT2D eigenvalue weighted by Crippen LogP contribution is -2.12. The third kappa shape index (κ3) is 5.03. The molecule has 3 aromatic rings. The van der Waals surface area contributed by atoms with Gasteiger partial charge in [0.25, 0.3) is 0 Å². The SMILES string of the molecule is CCCCc1ncc(C=C(c2ccc(C)o2)C(C)C(=O)O)n1Cc1ccccc1Cl. The molecule has 1 aromatic carbocycles. The number of carboxylic acids is 1. The van der Waals surface area contributed by atoms with Crippen molar-refractivity contribution in [1.82, 2.24) is 9.55 Å². The molecule has 0 fully saturated rings. The Morgan fingerprint density at radius 3 is 2.70 bits per heavy atom. The molecular formula is C24H27ClN2O3. The average Bonchev–Trinajstić information content (AvgIpc) is 3.31. The van der Waals surface area contributed by atoms with E-state index in [0.29, 0.717) is 22.9 Å². The van der Waals surface area contributed by atoms with E-state index >= 15 is 0 Å². The van der Waals surface area contributed by atoms with Crippen LogP contribution in [0.5, 0.6) is 0 Å². The highest BCUT2D eigenvalue weighted by molar-refractivity contribution is 6.31. The number of furan rings is 1. The number of halogens is 1. The number of unbranched alkanes of at least 4 members (excludes halogenated alkanes) is 1. The van der Waals surface area contributed by atoms with Crippen LogP contribution in [-0.2, 0) is 17.8 Å². The number of aromatic nitrogens is 2. The van der Waals surface area contributed by atoms with Crippen molar-refractivity contribution in [3.05, 3.63) is 76.2 Å². The summed E-state index contributed by atoms with van der Waals surface area (Å²) in [5, 5.41) is 10.3. The third-order valence-electron chi connectivity index (χ3n) is 5.17. The smallest absolute Gasteiger partial charge is 0.310 e. The third-order valence-corrected chi connectivity index (χ3v) is 5.54. The second kappa shape index (κ2) is 9.81. The number of benzene rings is 1. The summed E-state index contributed by atoms with van der Waals surface area (Å²) >= 11 is 6.40. The maximum absolute atomic E-state index is 11.8. The maximum atomic E-state index is 11.8. The van der Waals surface area contributed by atoms with Crippen LogP contribution in [0.25, 0.3) is 11.6 Å². The van der Waals surface area contributed by atoms with Crippen molar-refractivity contribution in [2.45, 2.75) is 46.6 Å². The molecule has 0 spiro atoms. The first-order valence-electron chi connectivity index (χ1n) is 10.2. The second-order valence-corrected chi connectivity index (χ2v) is 7.86. The fourth-order valence-corrected chi connectivity index (χ4v) is 3.55. The summed E-state index contributed by atoms with van der Waals surface area (Å²) in [6, 6.07) is 11.4. The minimum absolute atomic E-state index is 0.558. The van der Waals surface area contributed by atoms with E-state index in [4.69, 9.17) is 16.0 Å². The molecule has 6 heteroatoms. The van der Waals surface area contributed by atoms with Crippen LogP contribution in [0.3, 0.4) is 0 Å². The van der Waals surface area contributed by atoms with Gasteiger partial charge in [0.15, 0.2) is 0 Å². The minimum atomic E-state index is -0.904. The summed E-state index contributed by atoms with van der Waals surface area (Å²) in [5.74, 6) is 0.627. The van der Waals surface area contributed by atoms with Crippen LogP contribution in [0, 0.1) is 12.8 Å². The van der Waals surface area contributed by atoms with E-state index in [1.807, 2.05) is 49.4 Å². The van der Waals surface area contributed by atoms with Gasteiger partial charge in [-0.05, 0) is 50.1 Å². The molecule has 0 saturated heterocycles. The first kappa shape index (κ1) is 21.9. The zero-order valence-electron chi connectivity index (χ0n) is 17.6. The van der Waals surface area contributed by atoms with Crippen LogP contribution in [0.4, 0.5) is 0 Å². The van der Waals surface area contributed by atoms with Gasteiger partial charge >= 0.3 is 5.97 Å². The number of hydrogen-bond donors (Lipinski definition) is 1. The largest absolute Gasteiger partial charge is 0.481 e. The quantitative estimate of drug-likeness (QED) is 0.449. The minimum Gasteiger partial charge on any atom is -0.481 e. The molecule has 158 valence electrons.